The summed E-state index contributed by atoms with van der Waals surface area (Å²) in [6.45, 7) is 4.80. The number of benzene rings is 2. The zero-order chi connectivity index (χ0) is 26.2. The van der Waals surface area contributed by atoms with Gasteiger partial charge in [-0.2, -0.15) is 0 Å². The van der Waals surface area contributed by atoms with Gasteiger partial charge in [-0.25, -0.2) is 13.2 Å². The topological polar surface area (TPSA) is 18.5 Å². The van der Waals surface area contributed by atoms with E-state index in [9.17, 15) is 4.39 Å². The first-order valence-electron chi connectivity index (χ1n) is 14.5. The Labute approximate surface area is 220 Å². The lowest BCUT2D eigenvalue weighted by Crippen LogP contribution is -2.22. The Kier molecular flexibility index (Phi) is 10.4. The van der Waals surface area contributed by atoms with Crippen molar-refractivity contribution in [3.63, 3.8) is 0 Å². The highest BCUT2D eigenvalue weighted by atomic mass is 19.2. The maximum Gasteiger partial charge on any atom is 0.165 e. The molecule has 204 valence electrons. The van der Waals surface area contributed by atoms with Crippen molar-refractivity contribution in [1.29, 1.82) is 0 Å². The molecule has 0 spiro atoms. The highest BCUT2D eigenvalue weighted by Gasteiger charge is 2.30. The summed E-state index contributed by atoms with van der Waals surface area (Å²) >= 11 is 0. The van der Waals surface area contributed by atoms with Gasteiger partial charge >= 0.3 is 0 Å². The Bertz CT molecular complexity index is 992. The van der Waals surface area contributed by atoms with E-state index in [1.807, 2.05) is 25.1 Å². The molecule has 2 aliphatic rings. The number of ether oxygens (including phenoxy) is 2. The van der Waals surface area contributed by atoms with Crippen molar-refractivity contribution in [3.05, 3.63) is 64.5 Å². The van der Waals surface area contributed by atoms with E-state index in [1.54, 1.807) is 6.07 Å². The fourth-order valence-electron chi connectivity index (χ4n) is 6.32. The van der Waals surface area contributed by atoms with Crippen molar-refractivity contribution < 1.29 is 22.6 Å². The molecule has 0 heterocycles. The van der Waals surface area contributed by atoms with Gasteiger partial charge in [0.2, 0.25) is 0 Å². The summed E-state index contributed by atoms with van der Waals surface area (Å²) < 4.78 is 55.8. The molecule has 2 aromatic rings. The van der Waals surface area contributed by atoms with Crippen LogP contribution in [0.25, 0.3) is 0 Å². The number of hydrogen-bond donors (Lipinski definition) is 0. The smallest absolute Gasteiger partial charge is 0.165 e. The third-order valence-electron chi connectivity index (χ3n) is 8.54. The molecule has 0 aromatic heterocycles. The zero-order valence-electron chi connectivity index (χ0n) is 22.5. The van der Waals surface area contributed by atoms with Gasteiger partial charge in [0.25, 0.3) is 0 Å². The lowest BCUT2D eigenvalue weighted by Gasteiger charge is -2.31. The highest BCUT2D eigenvalue weighted by Crippen LogP contribution is 2.41. The molecule has 2 saturated carbocycles. The van der Waals surface area contributed by atoms with Gasteiger partial charge < -0.3 is 9.47 Å². The van der Waals surface area contributed by atoms with Crippen LogP contribution in [-0.2, 0) is 11.3 Å². The Balaban J connectivity index is 1.27. The van der Waals surface area contributed by atoms with E-state index < -0.39 is 11.6 Å². The van der Waals surface area contributed by atoms with Crippen molar-refractivity contribution in [2.45, 2.75) is 115 Å². The maximum atomic E-state index is 15.2. The van der Waals surface area contributed by atoms with E-state index in [2.05, 4.69) is 6.92 Å². The third kappa shape index (κ3) is 7.31. The number of halogens is 3. The Morgan fingerprint density at radius 2 is 1.38 bits per heavy atom. The van der Waals surface area contributed by atoms with Crippen LogP contribution in [0.4, 0.5) is 13.2 Å². The van der Waals surface area contributed by atoms with E-state index in [1.165, 1.54) is 31.7 Å². The second kappa shape index (κ2) is 13.7. The average Bonchev–Trinajstić information content (AvgIpc) is 2.91. The highest BCUT2D eigenvalue weighted by molar-refractivity contribution is 5.32. The van der Waals surface area contributed by atoms with Gasteiger partial charge in [0.1, 0.15) is 0 Å². The number of rotatable bonds is 11. The SMILES string of the molecule is CCCCCC1CCC(c2ccc(C3CCC(OCc4ccc(OCC)c(F)c4)CC3)c(F)c2F)CC1. The van der Waals surface area contributed by atoms with Crippen LogP contribution in [0.5, 0.6) is 5.75 Å². The minimum absolute atomic E-state index is 0.0145. The van der Waals surface area contributed by atoms with Crippen molar-refractivity contribution in [2.75, 3.05) is 6.61 Å². The predicted molar refractivity (Wildman–Crippen MR) is 143 cm³/mol. The summed E-state index contributed by atoms with van der Waals surface area (Å²) in [6, 6.07) is 8.61. The van der Waals surface area contributed by atoms with Crippen molar-refractivity contribution in [2.24, 2.45) is 5.92 Å². The summed E-state index contributed by atoms with van der Waals surface area (Å²) in [5.41, 5.74) is 1.86. The van der Waals surface area contributed by atoms with E-state index in [0.29, 0.717) is 24.3 Å². The van der Waals surface area contributed by atoms with E-state index in [0.717, 1.165) is 62.8 Å². The van der Waals surface area contributed by atoms with Gasteiger partial charge in [-0.3, -0.25) is 0 Å². The van der Waals surface area contributed by atoms with Gasteiger partial charge in [-0.15, -0.1) is 0 Å². The minimum atomic E-state index is -0.642. The van der Waals surface area contributed by atoms with Gasteiger partial charge in [0.05, 0.1) is 19.3 Å². The van der Waals surface area contributed by atoms with Crippen LogP contribution >= 0.6 is 0 Å². The summed E-state index contributed by atoms with van der Waals surface area (Å²) in [4.78, 5) is 0. The van der Waals surface area contributed by atoms with E-state index in [4.69, 9.17) is 9.47 Å². The average molecular weight is 517 g/mol. The van der Waals surface area contributed by atoms with Crippen molar-refractivity contribution in [1.82, 2.24) is 0 Å². The fourth-order valence-corrected chi connectivity index (χ4v) is 6.32. The Morgan fingerprint density at radius 1 is 0.757 bits per heavy atom. The fraction of sp³-hybridized carbons (Fsp3) is 0.625. The minimum Gasteiger partial charge on any atom is -0.491 e. The summed E-state index contributed by atoms with van der Waals surface area (Å²) in [7, 11) is 0. The van der Waals surface area contributed by atoms with Crippen LogP contribution in [0.3, 0.4) is 0 Å². The summed E-state index contributed by atoms with van der Waals surface area (Å²) in [5.74, 6) is -0.488. The van der Waals surface area contributed by atoms with Crippen LogP contribution in [0, 0.1) is 23.4 Å². The molecule has 37 heavy (non-hydrogen) atoms. The first-order valence-corrected chi connectivity index (χ1v) is 14.5. The molecule has 2 aliphatic carbocycles. The molecule has 0 unspecified atom stereocenters. The molecule has 0 atom stereocenters. The quantitative estimate of drug-likeness (QED) is 0.277. The van der Waals surface area contributed by atoms with Gasteiger partial charge in [0.15, 0.2) is 23.2 Å². The molecule has 0 aliphatic heterocycles. The molecule has 0 radical (unpaired) electrons. The first kappa shape index (κ1) is 28.0. The van der Waals surface area contributed by atoms with Crippen LogP contribution in [-0.4, -0.2) is 12.7 Å². The Morgan fingerprint density at radius 3 is 1.95 bits per heavy atom. The molecule has 2 fully saturated rings. The lowest BCUT2D eigenvalue weighted by molar-refractivity contribution is 0.0130. The molecule has 2 aromatic carbocycles. The van der Waals surface area contributed by atoms with Crippen LogP contribution < -0.4 is 4.74 Å². The third-order valence-corrected chi connectivity index (χ3v) is 8.54. The molecule has 2 nitrogen and oxygen atoms in total. The maximum absolute atomic E-state index is 15.2. The van der Waals surface area contributed by atoms with Gasteiger partial charge in [-0.1, -0.05) is 50.8 Å². The summed E-state index contributed by atoms with van der Waals surface area (Å²) in [5, 5.41) is 0. The molecular weight excluding hydrogens is 473 g/mol. The number of unbranched alkanes of at least 4 members (excludes halogenated alkanes) is 2. The first-order chi connectivity index (χ1) is 18.0. The Hall–Kier alpha value is -2.01. The normalized spacial score (nSPS) is 24.2. The predicted octanol–water partition coefficient (Wildman–Crippen LogP) is 9.60. The molecule has 4 rings (SSSR count). The van der Waals surface area contributed by atoms with E-state index >= 15 is 8.78 Å². The zero-order valence-corrected chi connectivity index (χ0v) is 22.5. The standard InChI is InChI=1S/C32H43F3O2/c1-3-5-6-7-22-8-11-24(12-9-22)27-17-18-28(32(35)31(27)34)25-13-15-26(16-14-25)37-21-23-10-19-30(36-4-2)29(33)20-23/h10,17-20,22,24-26H,3-9,11-16,21H2,1-2H3. The summed E-state index contributed by atoms with van der Waals surface area (Å²) in [6.07, 6.45) is 12.4. The van der Waals surface area contributed by atoms with E-state index in [-0.39, 0.29) is 29.5 Å². The van der Waals surface area contributed by atoms with Gasteiger partial charge in [0, 0.05) is 0 Å². The molecule has 5 heteroatoms. The number of hydrogen-bond acceptors (Lipinski definition) is 2. The second-order valence-corrected chi connectivity index (χ2v) is 11.1. The lowest BCUT2D eigenvalue weighted by atomic mass is 9.76. The largest absolute Gasteiger partial charge is 0.491 e. The molecule has 0 amide bonds. The van der Waals surface area contributed by atoms with Crippen molar-refractivity contribution >= 4 is 0 Å². The second-order valence-electron chi connectivity index (χ2n) is 11.1. The van der Waals surface area contributed by atoms with Crippen LogP contribution in [0.2, 0.25) is 0 Å². The molecule has 0 N–H and O–H groups in total. The molecular formula is C32H43F3O2. The monoisotopic (exact) mass is 516 g/mol. The molecule has 0 saturated heterocycles. The molecule has 0 bridgehead atoms. The van der Waals surface area contributed by atoms with Crippen LogP contribution in [0.1, 0.15) is 119 Å². The van der Waals surface area contributed by atoms with Crippen molar-refractivity contribution in [3.8, 4) is 5.75 Å². The van der Waals surface area contributed by atoms with Crippen LogP contribution in [0.15, 0.2) is 30.3 Å². The van der Waals surface area contributed by atoms with Gasteiger partial charge in [-0.05, 0) is 105 Å².